The average molecular weight is 266 g/mol. The predicted octanol–water partition coefficient (Wildman–Crippen LogP) is 1.47. The molecule has 0 unspecified atom stereocenters. The summed E-state index contributed by atoms with van der Waals surface area (Å²) in [5.74, 6) is 0.692. The summed E-state index contributed by atoms with van der Waals surface area (Å²) in [6, 6.07) is 7.00. The van der Waals surface area contributed by atoms with Gasteiger partial charge in [-0.2, -0.15) is 15.0 Å². The molecule has 18 heavy (non-hydrogen) atoms. The fourth-order valence-electron chi connectivity index (χ4n) is 1.43. The van der Waals surface area contributed by atoms with Gasteiger partial charge in [0.2, 0.25) is 17.2 Å². The van der Waals surface area contributed by atoms with E-state index in [-0.39, 0.29) is 17.0 Å². The molecule has 1 heterocycles. The average Bonchev–Trinajstić information content (AvgIpc) is 2.30. The molecule has 4 N–H and O–H groups in total. The Labute approximate surface area is 109 Å². The molecule has 0 aliphatic heterocycles. The lowest BCUT2D eigenvalue weighted by Gasteiger charge is -2.05. The second-order valence-corrected chi connectivity index (χ2v) is 3.97. The lowest BCUT2D eigenvalue weighted by Crippen LogP contribution is -2.10. The normalized spacial score (nSPS) is 10.3. The van der Waals surface area contributed by atoms with E-state index in [1.807, 2.05) is 12.1 Å². The molecule has 0 bridgehead atoms. The third kappa shape index (κ3) is 3.46. The highest BCUT2D eigenvalue weighted by atomic mass is 35.5. The Balaban J connectivity index is 1.90. The third-order valence-electron chi connectivity index (χ3n) is 2.26. The number of phenolic OH excluding ortho intramolecular Hbond substituents is 1. The molecule has 6 nitrogen and oxygen atoms in total. The van der Waals surface area contributed by atoms with Gasteiger partial charge in [-0.25, -0.2) is 0 Å². The van der Waals surface area contributed by atoms with Crippen LogP contribution >= 0.6 is 11.6 Å². The highest BCUT2D eigenvalue weighted by Gasteiger charge is 2.01. The van der Waals surface area contributed by atoms with Crippen LogP contribution in [0.4, 0.5) is 11.9 Å². The molecular weight excluding hydrogens is 254 g/mol. The number of nitrogen functional groups attached to an aromatic ring is 1. The molecule has 0 atom stereocenters. The van der Waals surface area contributed by atoms with E-state index >= 15 is 0 Å². The van der Waals surface area contributed by atoms with Crippen LogP contribution in [0.2, 0.25) is 5.28 Å². The Bertz CT molecular complexity index is 511. The van der Waals surface area contributed by atoms with E-state index in [0.29, 0.717) is 12.5 Å². The van der Waals surface area contributed by atoms with Crippen LogP contribution in [0.25, 0.3) is 0 Å². The molecule has 1 aromatic heterocycles. The van der Waals surface area contributed by atoms with Gasteiger partial charge >= 0.3 is 0 Å². The molecule has 0 radical (unpaired) electrons. The Kier molecular flexibility index (Phi) is 3.78. The van der Waals surface area contributed by atoms with E-state index in [2.05, 4.69) is 20.3 Å². The summed E-state index contributed by atoms with van der Waals surface area (Å²) >= 11 is 5.65. The van der Waals surface area contributed by atoms with E-state index in [1.165, 1.54) is 0 Å². The van der Waals surface area contributed by atoms with Crippen LogP contribution in [-0.4, -0.2) is 26.6 Å². The molecule has 0 amide bonds. The van der Waals surface area contributed by atoms with Crippen molar-refractivity contribution in [3.8, 4) is 5.75 Å². The Morgan fingerprint density at radius 2 is 1.89 bits per heavy atom. The first-order valence-electron chi connectivity index (χ1n) is 5.32. The van der Waals surface area contributed by atoms with Crippen molar-refractivity contribution in [3.05, 3.63) is 35.1 Å². The lowest BCUT2D eigenvalue weighted by atomic mass is 10.1. The first-order valence-corrected chi connectivity index (χ1v) is 5.70. The fourth-order valence-corrected chi connectivity index (χ4v) is 1.59. The number of aromatic hydroxyl groups is 1. The quantitative estimate of drug-likeness (QED) is 0.774. The molecule has 7 heteroatoms. The minimum Gasteiger partial charge on any atom is -0.508 e. The summed E-state index contributed by atoms with van der Waals surface area (Å²) in [6.07, 6.45) is 0.767. The van der Waals surface area contributed by atoms with E-state index < -0.39 is 0 Å². The second kappa shape index (κ2) is 5.50. The Morgan fingerprint density at radius 1 is 1.17 bits per heavy atom. The minimum atomic E-state index is 0.0645. The monoisotopic (exact) mass is 265 g/mol. The smallest absolute Gasteiger partial charge is 0.228 e. The van der Waals surface area contributed by atoms with E-state index in [1.54, 1.807) is 12.1 Å². The summed E-state index contributed by atoms with van der Waals surface area (Å²) in [4.78, 5) is 11.5. The number of nitrogens with two attached hydrogens (primary N) is 1. The largest absolute Gasteiger partial charge is 0.508 e. The topological polar surface area (TPSA) is 97.0 Å². The van der Waals surface area contributed by atoms with Gasteiger partial charge in [-0.05, 0) is 35.7 Å². The number of hydrogen-bond acceptors (Lipinski definition) is 6. The molecule has 0 saturated carbocycles. The van der Waals surface area contributed by atoms with Gasteiger partial charge in [0.05, 0.1) is 0 Å². The molecule has 0 aliphatic rings. The van der Waals surface area contributed by atoms with Gasteiger partial charge in [0.1, 0.15) is 5.75 Å². The van der Waals surface area contributed by atoms with Crippen molar-refractivity contribution in [1.82, 2.24) is 15.0 Å². The number of benzene rings is 1. The van der Waals surface area contributed by atoms with Crippen molar-refractivity contribution in [2.75, 3.05) is 17.6 Å². The molecule has 0 saturated heterocycles. The van der Waals surface area contributed by atoms with E-state index in [4.69, 9.17) is 22.4 Å². The van der Waals surface area contributed by atoms with Crippen molar-refractivity contribution in [2.24, 2.45) is 0 Å². The van der Waals surface area contributed by atoms with Crippen molar-refractivity contribution in [1.29, 1.82) is 0 Å². The highest BCUT2D eigenvalue weighted by Crippen LogP contribution is 2.11. The van der Waals surface area contributed by atoms with Gasteiger partial charge in [0.15, 0.2) is 0 Å². The van der Waals surface area contributed by atoms with Crippen LogP contribution in [0, 0.1) is 0 Å². The van der Waals surface area contributed by atoms with Crippen LogP contribution in [0.5, 0.6) is 5.75 Å². The molecule has 0 aliphatic carbocycles. The Hall–Kier alpha value is -2.08. The van der Waals surface area contributed by atoms with Crippen LogP contribution in [0.15, 0.2) is 24.3 Å². The number of rotatable bonds is 4. The summed E-state index contributed by atoms with van der Waals surface area (Å²) < 4.78 is 0. The van der Waals surface area contributed by atoms with Gasteiger partial charge in [0.25, 0.3) is 0 Å². The van der Waals surface area contributed by atoms with Crippen molar-refractivity contribution in [3.63, 3.8) is 0 Å². The highest BCUT2D eigenvalue weighted by molar-refractivity contribution is 6.28. The van der Waals surface area contributed by atoms with Crippen LogP contribution in [-0.2, 0) is 6.42 Å². The second-order valence-electron chi connectivity index (χ2n) is 3.63. The molecule has 2 aromatic rings. The maximum absolute atomic E-state index is 9.15. The van der Waals surface area contributed by atoms with Crippen LogP contribution in [0.1, 0.15) is 5.56 Å². The number of halogens is 1. The van der Waals surface area contributed by atoms with Gasteiger partial charge in [-0.15, -0.1) is 0 Å². The molecule has 0 fully saturated rings. The first-order chi connectivity index (χ1) is 8.63. The number of nitrogens with one attached hydrogen (secondary N) is 1. The molecule has 94 valence electrons. The molecule has 0 spiro atoms. The fraction of sp³-hybridized carbons (Fsp3) is 0.182. The van der Waals surface area contributed by atoms with Gasteiger partial charge in [-0.1, -0.05) is 12.1 Å². The van der Waals surface area contributed by atoms with Crippen LogP contribution < -0.4 is 11.1 Å². The van der Waals surface area contributed by atoms with E-state index in [0.717, 1.165) is 12.0 Å². The van der Waals surface area contributed by atoms with Crippen molar-refractivity contribution < 1.29 is 5.11 Å². The van der Waals surface area contributed by atoms with Gasteiger partial charge in [0, 0.05) is 6.54 Å². The number of aromatic nitrogens is 3. The molecule has 1 aromatic carbocycles. The molecule has 2 rings (SSSR count). The summed E-state index contributed by atoms with van der Waals surface area (Å²) in [5, 5.41) is 12.2. The number of nitrogens with zero attached hydrogens (tertiary/aromatic N) is 3. The zero-order valence-corrected chi connectivity index (χ0v) is 10.2. The number of anilines is 2. The maximum atomic E-state index is 9.15. The standard InChI is InChI=1S/C11H12ClN5O/c12-9-15-10(13)17-11(16-9)14-6-5-7-1-3-8(18)4-2-7/h1-4,18H,5-6H2,(H3,13,14,15,16,17). The van der Waals surface area contributed by atoms with Crippen molar-refractivity contribution >= 4 is 23.5 Å². The zero-order chi connectivity index (χ0) is 13.0. The number of hydrogen-bond donors (Lipinski definition) is 3. The predicted molar refractivity (Wildman–Crippen MR) is 69.5 cm³/mol. The zero-order valence-electron chi connectivity index (χ0n) is 9.47. The van der Waals surface area contributed by atoms with Gasteiger partial charge < -0.3 is 16.2 Å². The summed E-state index contributed by atoms with van der Waals surface area (Å²) in [7, 11) is 0. The Morgan fingerprint density at radius 3 is 2.56 bits per heavy atom. The lowest BCUT2D eigenvalue weighted by molar-refractivity contribution is 0.475. The third-order valence-corrected chi connectivity index (χ3v) is 2.43. The summed E-state index contributed by atoms with van der Waals surface area (Å²) in [5.41, 5.74) is 6.54. The SMILES string of the molecule is Nc1nc(Cl)nc(NCCc2ccc(O)cc2)n1. The van der Waals surface area contributed by atoms with Crippen LogP contribution in [0.3, 0.4) is 0 Å². The van der Waals surface area contributed by atoms with E-state index in [9.17, 15) is 0 Å². The first kappa shape index (κ1) is 12.4. The summed E-state index contributed by atoms with van der Waals surface area (Å²) in [6.45, 7) is 0.630. The maximum Gasteiger partial charge on any atom is 0.228 e. The van der Waals surface area contributed by atoms with Gasteiger partial charge in [-0.3, -0.25) is 0 Å². The minimum absolute atomic E-state index is 0.0645. The number of phenols is 1. The van der Waals surface area contributed by atoms with Crippen molar-refractivity contribution in [2.45, 2.75) is 6.42 Å². The molecular formula is C11H12ClN5O.